The molecule has 1 heterocycles. The van der Waals surface area contributed by atoms with E-state index in [4.69, 9.17) is 0 Å². The summed E-state index contributed by atoms with van der Waals surface area (Å²) in [5.74, 6) is 1.03. The van der Waals surface area contributed by atoms with Crippen LogP contribution in [0, 0.1) is 0 Å². The van der Waals surface area contributed by atoms with E-state index >= 15 is 0 Å². The predicted molar refractivity (Wildman–Crippen MR) is 61.8 cm³/mol. The lowest BCUT2D eigenvalue weighted by Gasteiger charge is -2.13. The average molecular weight is 195 g/mol. The summed E-state index contributed by atoms with van der Waals surface area (Å²) in [5.41, 5.74) is 1.29. The van der Waals surface area contributed by atoms with Crippen molar-refractivity contribution in [1.82, 2.24) is 10.6 Å². The smallest absolute Gasteiger partial charge is 0.120 e. The summed E-state index contributed by atoms with van der Waals surface area (Å²) in [6.07, 6.45) is 3.31. The zero-order valence-electron chi connectivity index (χ0n) is 9.43. The van der Waals surface area contributed by atoms with Gasteiger partial charge in [0.25, 0.3) is 0 Å². The maximum atomic E-state index is 4.43. The van der Waals surface area contributed by atoms with E-state index in [1.54, 1.807) is 0 Å². The molecular formula is C11H21N3. The Hall–Kier alpha value is -0.830. The van der Waals surface area contributed by atoms with E-state index in [0.717, 1.165) is 25.5 Å². The number of amidine groups is 1. The van der Waals surface area contributed by atoms with E-state index in [1.807, 2.05) is 0 Å². The van der Waals surface area contributed by atoms with Crippen LogP contribution in [0.1, 0.15) is 27.2 Å². The largest absolute Gasteiger partial charge is 0.366 e. The molecule has 1 rings (SSSR count). The fraction of sp³-hybridized carbons (Fsp3) is 0.727. The SMILES string of the molecule is CCN=C(C=C(C)C)NC1CCNC1. The molecule has 14 heavy (non-hydrogen) atoms. The summed E-state index contributed by atoms with van der Waals surface area (Å²) < 4.78 is 0. The molecule has 1 saturated heterocycles. The molecule has 1 aliphatic heterocycles. The summed E-state index contributed by atoms with van der Waals surface area (Å²) in [7, 11) is 0. The third-order valence-corrected chi connectivity index (χ3v) is 2.17. The zero-order chi connectivity index (χ0) is 10.4. The fourth-order valence-corrected chi connectivity index (χ4v) is 1.56. The quantitative estimate of drug-likeness (QED) is 0.526. The topological polar surface area (TPSA) is 36.4 Å². The average Bonchev–Trinajstić information content (AvgIpc) is 2.56. The van der Waals surface area contributed by atoms with Crippen LogP contribution in [0.25, 0.3) is 0 Å². The number of hydrogen-bond donors (Lipinski definition) is 2. The van der Waals surface area contributed by atoms with Crippen molar-refractivity contribution in [2.24, 2.45) is 4.99 Å². The highest BCUT2D eigenvalue weighted by atomic mass is 15.1. The second-order valence-corrected chi connectivity index (χ2v) is 3.92. The molecule has 0 aromatic carbocycles. The van der Waals surface area contributed by atoms with Crippen LogP contribution in [0.4, 0.5) is 0 Å². The van der Waals surface area contributed by atoms with Gasteiger partial charge in [0.05, 0.1) is 0 Å². The lowest BCUT2D eigenvalue weighted by molar-refractivity contribution is 0.663. The molecule has 0 aromatic heterocycles. The van der Waals surface area contributed by atoms with Crippen molar-refractivity contribution in [3.63, 3.8) is 0 Å². The molecule has 0 bridgehead atoms. The molecule has 3 heteroatoms. The van der Waals surface area contributed by atoms with Gasteiger partial charge >= 0.3 is 0 Å². The molecule has 3 nitrogen and oxygen atoms in total. The summed E-state index contributed by atoms with van der Waals surface area (Å²) in [4.78, 5) is 4.43. The number of aliphatic imine (C=N–C) groups is 1. The summed E-state index contributed by atoms with van der Waals surface area (Å²) in [6.45, 7) is 9.27. The molecule has 80 valence electrons. The minimum absolute atomic E-state index is 0.552. The first kappa shape index (κ1) is 11.2. The van der Waals surface area contributed by atoms with Crippen LogP contribution in [0.3, 0.4) is 0 Å². The number of hydrogen-bond acceptors (Lipinski definition) is 2. The Morgan fingerprint density at radius 2 is 2.36 bits per heavy atom. The normalized spacial score (nSPS) is 22.2. The second kappa shape index (κ2) is 5.81. The maximum absolute atomic E-state index is 4.43. The molecular weight excluding hydrogens is 174 g/mol. The maximum Gasteiger partial charge on any atom is 0.120 e. The molecule has 0 spiro atoms. The molecule has 1 unspecified atom stereocenters. The summed E-state index contributed by atoms with van der Waals surface area (Å²) in [5, 5.41) is 6.79. The molecule has 0 aromatic rings. The highest BCUT2D eigenvalue weighted by Crippen LogP contribution is 1.99. The van der Waals surface area contributed by atoms with E-state index in [1.165, 1.54) is 12.0 Å². The number of allylic oxidation sites excluding steroid dienone is 1. The minimum Gasteiger partial charge on any atom is -0.366 e. The highest BCUT2D eigenvalue weighted by Gasteiger charge is 2.14. The van der Waals surface area contributed by atoms with Gasteiger partial charge in [0.15, 0.2) is 0 Å². The van der Waals surface area contributed by atoms with E-state index in [2.05, 4.69) is 42.5 Å². The predicted octanol–water partition coefficient (Wildman–Crippen LogP) is 1.32. The van der Waals surface area contributed by atoms with Gasteiger partial charge in [-0.05, 0) is 39.8 Å². The first-order valence-corrected chi connectivity index (χ1v) is 5.39. The minimum atomic E-state index is 0.552. The van der Waals surface area contributed by atoms with Crippen molar-refractivity contribution in [2.45, 2.75) is 33.2 Å². The van der Waals surface area contributed by atoms with E-state index in [-0.39, 0.29) is 0 Å². The van der Waals surface area contributed by atoms with Gasteiger partial charge in [-0.1, -0.05) is 5.57 Å². The van der Waals surface area contributed by atoms with Crippen LogP contribution < -0.4 is 10.6 Å². The Bertz CT molecular complexity index is 221. The Morgan fingerprint density at radius 1 is 1.57 bits per heavy atom. The first-order chi connectivity index (χ1) is 6.72. The molecule has 0 radical (unpaired) electrons. The van der Waals surface area contributed by atoms with Gasteiger partial charge in [-0.2, -0.15) is 0 Å². The number of nitrogens with one attached hydrogen (secondary N) is 2. The molecule has 1 aliphatic rings. The molecule has 1 atom stereocenters. The second-order valence-electron chi connectivity index (χ2n) is 3.92. The summed E-state index contributed by atoms with van der Waals surface area (Å²) in [6, 6.07) is 0.552. The van der Waals surface area contributed by atoms with Crippen molar-refractivity contribution in [3.05, 3.63) is 11.6 Å². The molecule has 0 aliphatic carbocycles. The van der Waals surface area contributed by atoms with Gasteiger partial charge in [-0.3, -0.25) is 4.99 Å². The van der Waals surface area contributed by atoms with Gasteiger partial charge in [-0.25, -0.2) is 0 Å². The third kappa shape index (κ3) is 3.92. The van der Waals surface area contributed by atoms with Crippen LogP contribution in [0.5, 0.6) is 0 Å². The number of rotatable bonds is 3. The van der Waals surface area contributed by atoms with Crippen LogP contribution in [0.2, 0.25) is 0 Å². The summed E-state index contributed by atoms with van der Waals surface area (Å²) >= 11 is 0. The molecule has 0 amide bonds. The Labute approximate surface area is 86.7 Å². The number of nitrogens with zero attached hydrogens (tertiary/aromatic N) is 1. The molecule has 2 N–H and O–H groups in total. The Balaban J connectivity index is 2.50. The Morgan fingerprint density at radius 3 is 2.86 bits per heavy atom. The lowest BCUT2D eigenvalue weighted by Crippen LogP contribution is -2.35. The van der Waals surface area contributed by atoms with Crippen LogP contribution in [-0.2, 0) is 0 Å². The monoisotopic (exact) mass is 195 g/mol. The Kier molecular flexibility index (Phi) is 4.66. The van der Waals surface area contributed by atoms with Crippen molar-refractivity contribution >= 4 is 5.84 Å². The van der Waals surface area contributed by atoms with Crippen molar-refractivity contribution in [2.75, 3.05) is 19.6 Å². The van der Waals surface area contributed by atoms with Gasteiger partial charge in [-0.15, -0.1) is 0 Å². The van der Waals surface area contributed by atoms with Crippen LogP contribution >= 0.6 is 0 Å². The van der Waals surface area contributed by atoms with E-state index in [0.29, 0.717) is 6.04 Å². The van der Waals surface area contributed by atoms with Gasteiger partial charge in [0.1, 0.15) is 5.84 Å². The van der Waals surface area contributed by atoms with Crippen molar-refractivity contribution in [3.8, 4) is 0 Å². The van der Waals surface area contributed by atoms with E-state index in [9.17, 15) is 0 Å². The van der Waals surface area contributed by atoms with E-state index < -0.39 is 0 Å². The van der Waals surface area contributed by atoms with Crippen molar-refractivity contribution in [1.29, 1.82) is 0 Å². The van der Waals surface area contributed by atoms with Gasteiger partial charge in [0.2, 0.25) is 0 Å². The van der Waals surface area contributed by atoms with Crippen molar-refractivity contribution < 1.29 is 0 Å². The van der Waals surface area contributed by atoms with Gasteiger partial charge in [0, 0.05) is 19.1 Å². The highest BCUT2D eigenvalue weighted by molar-refractivity contribution is 5.93. The van der Waals surface area contributed by atoms with Gasteiger partial charge < -0.3 is 10.6 Å². The molecule has 1 fully saturated rings. The molecule has 0 saturated carbocycles. The zero-order valence-corrected chi connectivity index (χ0v) is 9.43. The van der Waals surface area contributed by atoms with Crippen LogP contribution in [-0.4, -0.2) is 31.5 Å². The third-order valence-electron chi connectivity index (χ3n) is 2.17. The fourth-order valence-electron chi connectivity index (χ4n) is 1.56. The first-order valence-electron chi connectivity index (χ1n) is 5.39. The van der Waals surface area contributed by atoms with Crippen LogP contribution in [0.15, 0.2) is 16.6 Å². The lowest BCUT2D eigenvalue weighted by atomic mass is 10.2. The standard InChI is InChI=1S/C11H21N3/c1-4-13-11(7-9(2)3)14-10-5-6-12-8-10/h7,10,12H,4-6,8H2,1-3H3,(H,13,14).